The lowest BCUT2D eigenvalue weighted by Crippen LogP contribution is -2.06. The van der Waals surface area contributed by atoms with E-state index in [4.69, 9.17) is 9.47 Å². The Morgan fingerprint density at radius 1 is 1.44 bits per heavy atom. The Labute approximate surface area is 96.9 Å². The summed E-state index contributed by atoms with van der Waals surface area (Å²) in [5, 5.41) is 0. The fourth-order valence-corrected chi connectivity index (χ4v) is 1.79. The minimum Gasteiger partial charge on any atom is -0.501 e. The van der Waals surface area contributed by atoms with Crippen molar-refractivity contribution in [1.82, 2.24) is 0 Å². The smallest absolute Gasteiger partial charge is 0.0924 e. The van der Waals surface area contributed by atoms with E-state index in [-0.39, 0.29) is 0 Å². The summed E-state index contributed by atoms with van der Waals surface area (Å²) in [4.78, 5) is 0. The highest BCUT2D eigenvalue weighted by atomic mass is 16.5. The van der Waals surface area contributed by atoms with Gasteiger partial charge < -0.3 is 9.47 Å². The average molecular weight is 218 g/mol. The highest BCUT2D eigenvalue weighted by Gasteiger charge is 2.15. The van der Waals surface area contributed by atoms with Crippen molar-refractivity contribution < 1.29 is 9.47 Å². The van der Waals surface area contributed by atoms with Gasteiger partial charge in [-0.05, 0) is 24.5 Å². The van der Waals surface area contributed by atoms with Crippen molar-refractivity contribution in [2.24, 2.45) is 5.92 Å². The topological polar surface area (TPSA) is 18.5 Å². The van der Waals surface area contributed by atoms with Gasteiger partial charge in [-0.15, -0.1) is 0 Å². The van der Waals surface area contributed by atoms with Gasteiger partial charge in [0, 0.05) is 12.5 Å². The highest BCUT2D eigenvalue weighted by molar-refractivity contribution is 5.62. The van der Waals surface area contributed by atoms with Gasteiger partial charge in [0.15, 0.2) is 0 Å². The molecule has 86 valence electrons. The third-order valence-electron chi connectivity index (χ3n) is 2.85. The SMILES string of the molecule is C/C(=C/OCC1CCOC1)c1ccccc1. The molecule has 1 heterocycles. The van der Waals surface area contributed by atoms with Crippen LogP contribution in [0.3, 0.4) is 0 Å². The van der Waals surface area contributed by atoms with Gasteiger partial charge in [-0.3, -0.25) is 0 Å². The summed E-state index contributed by atoms with van der Waals surface area (Å²) < 4.78 is 10.9. The Morgan fingerprint density at radius 2 is 2.25 bits per heavy atom. The van der Waals surface area contributed by atoms with Crippen molar-refractivity contribution in [3.8, 4) is 0 Å². The van der Waals surface area contributed by atoms with Crippen LogP contribution in [0.4, 0.5) is 0 Å². The van der Waals surface area contributed by atoms with Crippen molar-refractivity contribution in [2.45, 2.75) is 13.3 Å². The molecule has 1 fully saturated rings. The van der Waals surface area contributed by atoms with Gasteiger partial charge in [-0.1, -0.05) is 30.3 Å². The zero-order valence-electron chi connectivity index (χ0n) is 9.69. The number of hydrogen-bond acceptors (Lipinski definition) is 2. The number of rotatable bonds is 4. The predicted molar refractivity (Wildman–Crippen MR) is 65.0 cm³/mol. The first-order valence-corrected chi connectivity index (χ1v) is 5.78. The van der Waals surface area contributed by atoms with Crippen LogP contribution in [-0.2, 0) is 9.47 Å². The maximum absolute atomic E-state index is 5.59. The van der Waals surface area contributed by atoms with E-state index in [1.165, 1.54) is 11.1 Å². The molecule has 0 saturated carbocycles. The molecule has 1 unspecified atom stereocenters. The quantitative estimate of drug-likeness (QED) is 0.723. The van der Waals surface area contributed by atoms with Crippen LogP contribution in [0.2, 0.25) is 0 Å². The third-order valence-corrected chi connectivity index (χ3v) is 2.85. The summed E-state index contributed by atoms with van der Waals surface area (Å²) in [5.74, 6) is 0.569. The lowest BCUT2D eigenvalue weighted by molar-refractivity contribution is 0.151. The van der Waals surface area contributed by atoms with Crippen molar-refractivity contribution in [3.05, 3.63) is 42.2 Å². The molecule has 0 amide bonds. The molecule has 0 aromatic heterocycles. The van der Waals surface area contributed by atoms with Crippen LogP contribution >= 0.6 is 0 Å². The van der Waals surface area contributed by atoms with Gasteiger partial charge in [0.2, 0.25) is 0 Å². The Morgan fingerprint density at radius 3 is 2.94 bits per heavy atom. The molecular weight excluding hydrogens is 200 g/mol. The molecule has 1 saturated heterocycles. The molecule has 1 atom stereocenters. The molecule has 2 heteroatoms. The molecule has 1 aliphatic heterocycles. The predicted octanol–water partition coefficient (Wildman–Crippen LogP) is 3.10. The molecule has 0 aliphatic carbocycles. The fraction of sp³-hybridized carbons (Fsp3) is 0.429. The fourth-order valence-electron chi connectivity index (χ4n) is 1.79. The number of allylic oxidation sites excluding steroid dienone is 1. The first-order chi connectivity index (χ1) is 7.86. The molecule has 1 aromatic carbocycles. The standard InChI is InChI=1S/C14H18O2/c1-12(14-5-3-2-4-6-14)9-16-11-13-7-8-15-10-13/h2-6,9,13H,7-8,10-11H2,1H3/b12-9-. The van der Waals surface area contributed by atoms with Crippen LogP contribution in [0.1, 0.15) is 18.9 Å². The Kier molecular flexibility index (Phi) is 4.00. The summed E-state index contributed by atoms with van der Waals surface area (Å²) in [5.41, 5.74) is 2.38. The summed E-state index contributed by atoms with van der Waals surface area (Å²) in [6, 6.07) is 10.3. The van der Waals surface area contributed by atoms with E-state index in [1.807, 2.05) is 24.5 Å². The van der Waals surface area contributed by atoms with Gasteiger partial charge in [0.05, 0.1) is 19.5 Å². The molecule has 2 nitrogen and oxygen atoms in total. The molecule has 0 spiro atoms. The Balaban J connectivity index is 1.82. The van der Waals surface area contributed by atoms with Crippen LogP contribution in [0.25, 0.3) is 5.57 Å². The van der Waals surface area contributed by atoms with E-state index < -0.39 is 0 Å². The molecular formula is C14H18O2. The maximum atomic E-state index is 5.59. The Bertz CT molecular complexity index is 337. The number of ether oxygens (including phenoxy) is 2. The van der Waals surface area contributed by atoms with Crippen molar-refractivity contribution in [2.75, 3.05) is 19.8 Å². The van der Waals surface area contributed by atoms with Crippen LogP contribution in [0.15, 0.2) is 36.6 Å². The monoisotopic (exact) mass is 218 g/mol. The van der Waals surface area contributed by atoms with Gasteiger partial charge in [-0.2, -0.15) is 0 Å². The third kappa shape index (κ3) is 3.11. The van der Waals surface area contributed by atoms with Crippen LogP contribution < -0.4 is 0 Å². The first-order valence-electron chi connectivity index (χ1n) is 5.78. The molecule has 0 N–H and O–H groups in total. The second kappa shape index (κ2) is 5.71. The van der Waals surface area contributed by atoms with E-state index in [9.17, 15) is 0 Å². The lowest BCUT2D eigenvalue weighted by atomic mass is 10.1. The molecule has 0 radical (unpaired) electrons. The summed E-state index contributed by atoms with van der Waals surface area (Å²) in [6.07, 6.45) is 2.98. The molecule has 1 aromatic rings. The lowest BCUT2D eigenvalue weighted by Gasteiger charge is -2.08. The van der Waals surface area contributed by atoms with Gasteiger partial charge in [0.1, 0.15) is 0 Å². The van der Waals surface area contributed by atoms with E-state index >= 15 is 0 Å². The van der Waals surface area contributed by atoms with Gasteiger partial charge in [-0.25, -0.2) is 0 Å². The molecule has 2 rings (SSSR count). The van der Waals surface area contributed by atoms with Gasteiger partial charge >= 0.3 is 0 Å². The second-order valence-electron chi connectivity index (χ2n) is 4.23. The molecule has 0 bridgehead atoms. The van der Waals surface area contributed by atoms with Crippen molar-refractivity contribution in [3.63, 3.8) is 0 Å². The van der Waals surface area contributed by atoms with Crippen molar-refractivity contribution >= 4 is 5.57 Å². The normalized spacial score (nSPS) is 21.1. The van der Waals surface area contributed by atoms with Crippen molar-refractivity contribution in [1.29, 1.82) is 0 Å². The zero-order chi connectivity index (χ0) is 11.2. The zero-order valence-corrected chi connectivity index (χ0v) is 9.69. The minimum absolute atomic E-state index is 0.569. The van der Waals surface area contributed by atoms with E-state index in [0.29, 0.717) is 5.92 Å². The largest absolute Gasteiger partial charge is 0.501 e. The Hall–Kier alpha value is -1.28. The van der Waals surface area contributed by atoms with E-state index in [0.717, 1.165) is 26.2 Å². The van der Waals surface area contributed by atoms with Crippen LogP contribution in [-0.4, -0.2) is 19.8 Å². The maximum Gasteiger partial charge on any atom is 0.0924 e. The minimum atomic E-state index is 0.569. The number of benzene rings is 1. The van der Waals surface area contributed by atoms with Crippen LogP contribution in [0, 0.1) is 5.92 Å². The average Bonchev–Trinajstić information content (AvgIpc) is 2.83. The summed E-state index contributed by atoms with van der Waals surface area (Å²) in [7, 11) is 0. The van der Waals surface area contributed by atoms with Gasteiger partial charge in [0.25, 0.3) is 0 Å². The molecule has 1 aliphatic rings. The molecule has 16 heavy (non-hydrogen) atoms. The number of hydrogen-bond donors (Lipinski definition) is 0. The van der Waals surface area contributed by atoms with Crippen LogP contribution in [0.5, 0.6) is 0 Å². The van der Waals surface area contributed by atoms with E-state index in [1.54, 1.807) is 0 Å². The van der Waals surface area contributed by atoms with E-state index in [2.05, 4.69) is 19.1 Å². The second-order valence-corrected chi connectivity index (χ2v) is 4.23. The first kappa shape index (κ1) is 11.2. The summed E-state index contributed by atoms with van der Waals surface area (Å²) >= 11 is 0. The summed E-state index contributed by atoms with van der Waals surface area (Å²) in [6.45, 7) is 4.57. The highest BCUT2D eigenvalue weighted by Crippen LogP contribution is 2.15.